The number of aromatic nitrogens is 1. The number of nitro groups is 1. The molecule has 0 spiro atoms. The molecule has 0 bridgehead atoms. The van der Waals surface area contributed by atoms with E-state index in [1.54, 1.807) is 24.4 Å². The molecule has 0 aliphatic rings. The predicted octanol–water partition coefficient (Wildman–Crippen LogP) is 2.67. The highest BCUT2D eigenvalue weighted by Gasteiger charge is 2.10. The van der Waals surface area contributed by atoms with Gasteiger partial charge in [-0.2, -0.15) is 5.10 Å². The molecule has 2 rings (SSSR count). The molecule has 1 heterocycles. The van der Waals surface area contributed by atoms with Crippen LogP contribution in [0.25, 0.3) is 0 Å². The van der Waals surface area contributed by atoms with Crippen LogP contribution in [0.15, 0.2) is 34.7 Å². The van der Waals surface area contributed by atoms with Crippen molar-refractivity contribution in [2.45, 2.75) is 6.92 Å². The van der Waals surface area contributed by atoms with Crippen LogP contribution in [0.1, 0.15) is 23.0 Å². The molecule has 0 aliphatic carbocycles. The Balaban J connectivity index is 1.94. The van der Waals surface area contributed by atoms with E-state index in [4.69, 9.17) is 4.74 Å². The average Bonchev–Trinajstić information content (AvgIpc) is 2.97. The number of nitrogens with zero attached hydrogens (tertiary/aromatic N) is 3. The number of benzene rings is 1. The fourth-order valence-electron chi connectivity index (χ4n) is 1.47. The molecule has 0 radical (unpaired) electrons. The Kier molecular flexibility index (Phi) is 5.15. The molecule has 0 amide bonds. The Morgan fingerprint density at radius 3 is 2.86 bits per heavy atom. The minimum atomic E-state index is -0.480. The van der Waals surface area contributed by atoms with Gasteiger partial charge in [-0.15, -0.1) is 11.3 Å². The number of nitro benzene ring substituents is 1. The molecule has 0 unspecified atom stereocenters. The van der Waals surface area contributed by atoms with Crippen LogP contribution >= 0.6 is 11.3 Å². The maximum atomic E-state index is 11.4. The van der Waals surface area contributed by atoms with Crippen LogP contribution in [-0.4, -0.2) is 28.7 Å². The molecule has 1 aromatic carbocycles. The number of ether oxygens (including phenoxy) is 1. The molecular weight excluding hydrogens is 308 g/mol. The number of anilines is 1. The SMILES string of the molecule is CCOC(=O)c1csc(N/N=C/c2ccc([N+](=O)[O-])cc2)n1. The fourth-order valence-corrected chi connectivity index (χ4v) is 2.10. The third kappa shape index (κ3) is 4.09. The van der Waals surface area contributed by atoms with Crippen LogP contribution in [0.2, 0.25) is 0 Å². The molecule has 9 heteroatoms. The molecule has 0 fully saturated rings. The Bertz CT molecular complexity index is 696. The summed E-state index contributed by atoms with van der Waals surface area (Å²) in [5.74, 6) is -0.480. The van der Waals surface area contributed by atoms with Crippen molar-refractivity contribution in [2.75, 3.05) is 12.0 Å². The van der Waals surface area contributed by atoms with Gasteiger partial charge in [0, 0.05) is 17.5 Å². The summed E-state index contributed by atoms with van der Waals surface area (Å²) in [6, 6.07) is 5.94. The maximum absolute atomic E-state index is 11.4. The van der Waals surface area contributed by atoms with Gasteiger partial charge in [-0.05, 0) is 24.6 Å². The normalized spacial score (nSPS) is 10.6. The van der Waals surface area contributed by atoms with Gasteiger partial charge < -0.3 is 4.74 Å². The van der Waals surface area contributed by atoms with Crippen molar-refractivity contribution in [3.05, 3.63) is 51.0 Å². The molecule has 0 atom stereocenters. The zero-order valence-corrected chi connectivity index (χ0v) is 12.4. The van der Waals surface area contributed by atoms with Gasteiger partial charge in [0.15, 0.2) is 5.69 Å². The van der Waals surface area contributed by atoms with Crippen molar-refractivity contribution in [2.24, 2.45) is 5.10 Å². The Morgan fingerprint density at radius 1 is 1.50 bits per heavy atom. The van der Waals surface area contributed by atoms with Crippen molar-refractivity contribution in [3.63, 3.8) is 0 Å². The maximum Gasteiger partial charge on any atom is 0.357 e. The van der Waals surface area contributed by atoms with Gasteiger partial charge in [0.2, 0.25) is 5.13 Å². The van der Waals surface area contributed by atoms with Crippen molar-refractivity contribution in [1.29, 1.82) is 0 Å². The Morgan fingerprint density at radius 2 is 2.23 bits per heavy atom. The van der Waals surface area contributed by atoms with Gasteiger partial charge in [-0.1, -0.05) is 0 Å². The summed E-state index contributed by atoms with van der Waals surface area (Å²) >= 11 is 1.22. The number of carbonyl (C=O) groups excluding carboxylic acids is 1. The number of rotatable bonds is 6. The van der Waals surface area contributed by atoms with Crippen molar-refractivity contribution < 1.29 is 14.5 Å². The number of non-ortho nitro benzene ring substituents is 1. The number of thiazole rings is 1. The summed E-state index contributed by atoms with van der Waals surface area (Å²) in [7, 11) is 0. The minimum absolute atomic E-state index is 0.0177. The standard InChI is InChI=1S/C13H12N4O4S/c1-2-21-12(18)11-8-22-13(15-11)16-14-7-9-3-5-10(6-4-9)17(19)20/h3-8H,2H2,1H3,(H,15,16)/b14-7+. The van der Waals surface area contributed by atoms with E-state index in [1.807, 2.05) is 0 Å². The smallest absolute Gasteiger partial charge is 0.357 e. The number of hydrazone groups is 1. The van der Waals surface area contributed by atoms with Crippen LogP contribution in [0.3, 0.4) is 0 Å². The number of hydrogen-bond acceptors (Lipinski definition) is 8. The van der Waals surface area contributed by atoms with Crippen LogP contribution < -0.4 is 5.43 Å². The van der Waals surface area contributed by atoms with E-state index >= 15 is 0 Å². The number of esters is 1. The first-order valence-corrected chi connectivity index (χ1v) is 7.14. The quantitative estimate of drug-likeness (QED) is 0.379. The second-order valence-electron chi connectivity index (χ2n) is 3.98. The number of carbonyl (C=O) groups is 1. The molecule has 2 aromatic rings. The van der Waals surface area contributed by atoms with Crippen molar-refractivity contribution in [1.82, 2.24) is 4.98 Å². The molecule has 114 valence electrons. The molecule has 8 nitrogen and oxygen atoms in total. The van der Waals surface area contributed by atoms with E-state index in [1.165, 1.54) is 29.7 Å². The van der Waals surface area contributed by atoms with Gasteiger partial charge in [-0.3, -0.25) is 15.5 Å². The zero-order valence-electron chi connectivity index (χ0n) is 11.6. The molecule has 1 aromatic heterocycles. The lowest BCUT2D eigenvalue weighted by molar-refractivity contribution is -0.384. The summed E-state index contributed by atoms with van der Waals surface area (Å²) in [5.41, 5.74) is 3.62. The van der Waals surface area contributed by atoms with Crippen molar-refractivity contribution in [3.8, 4) is 0 Å². The lowest BCUT2D eigenvalue weighted by Crippen LogP contribution is -2.04. The summed E-state index contributed by atoms with van der Waals surface area (Å²) in [6.45, 7) is 2.01. The molecule has 0 aliphatic heterocycles. The van der Waals surface area contributed by atoms with Crippen LogP contribution in [-0.2, 0) is 4.74 Å². The Labute approximate surface area is 129 Å². The van der Waals surface area contributed by atoms with E-state index in [0.717, 1.165) is 0 Å². The van der Waals surface area contributed by atoms with Gasteiger partial charge in [-0.25, -0.2) is 9.78 Å². The second kappa shape index (κ2) is 7.27. The largest absolute Gasteiger partial charge is 0.461 e. The van der Waals surface area contributed by atoms with Crippen LogP contribution in [0.5, 0.6) is 0 Å². The van der Waals surface area contributed by atoms with E-state index in [0.29, 0.717) is 10.7 Å². The summed E-state index contributed by atoms with van der Waals surface area (Å²) < 4.78 is 4.83. The third-order valence-corrected chi connectivity index (χ3v) is 3.21. The van der Waals surface area contributed by atoms with Crippen LogP contribution in [0, 0.1) is 10.1 Å². The highest BCUT2D eigenvalue weighted by molar-refractivity contribution is 7.13. The molecule has 0 saturated heterocycles. The highest BCUT2D eigenvalue weighted by atomic mass is 32.1. The van der Waals surface area contributed by atoms with Gasteiger partial charge in [0.1, 0.15) is 0 Å². The minimum Gasteiger partial charge on any atom is -0.461 e. The van der Waals surface area contributed by atoms with Crippen molar-refractivity contribution >= 4 is 34.3 Å². The monoisotopic (exact) mass is 320 g/mol. The zero-order chi connectivity index (χ0) is 15.9. The topological polar surface area (TPSA) is 107 Å². The van der Waals surface area contributed by atoms with Gasteiger partial charge in [0.25, 0.3) is 5.69 Å². The summed E-state index contributed by atoms with van der Waals surface area (Å²) in [6.07, 6.45) is 1.50. The second-order valence-corrected chi connectivity index (χ2v) is 4.84. The predicted molar refractivity (Wildman–Crippen MR) is 82.4 cm³/mol. The van der Waals surface area contributed by atoms with Crippen LogP contribution in [0.4, 0.5) is 10.8 Å². The lowest BCUT2D eigenvalue weighted by Gasteiger charge is -1.96. The molecule has 0 saturated carbocycles. The fraction of sp³-hybridized carbons (Fsp3) is 0.154. The first-order valence-electron chi connectivity index (χ1n) is 6.26. The molecule has 1 N–H and O–H groups in total. The molecule has 22 heavy (non-hydrogen) atoms. The number of nitrogens with one attached hydrogen (secondary N) is 1. The third-order valence-electron chi connectivity index (χ3n) is 2.47. The van der Waals surface area contributed by atoms with E-state index in [-0.39, 0.29) is 18.0 Å². The molecular formula is C13H12N4O4S. The first-order chi connectivity index (χ1) is 10.6. The van der Waals surface area contributed by atoms with E-state index in [9.17, 15) is 14.9 Å². The first kappa shape index (κ1) is 15.6. The van der Waals surface area contributed by atoms with E-state index < -0.39 is 10.9 Å². The number of hydrogen-bond donors (Lipinski definition) is 1. The van der Waals surface area contributed by atoms with Gasteiger partial charge >= 0.3 is 5.97 Å². The summed E-state index contributed by atoms with van der Waals surface area (Å²) in [5, 5.41) is 16.5. The highest BCUT2D eigenvalue weighted by Crippen LogP contribution is 2.16. The van der Waals surface area contributed by atoms with E-state index in [2.05, 4.69) is 15.5 Å². The lowest BCUT2D eigenvalue weighted by atomic mass is 10.2. The van der Waals surface area contributed by atoms with Gasteiger partial charge in [0.05, 0.1) is 17.7 Å². The summed E-state index contributed by atoms with van der Waals surface area (Å²) in [4.78, 5) is 25.5. The average molecular weight is 320 g/mol. The Hall–Kier alpha value is -2.81.